The van der Waals surface area contributed by atoms with Crippen molar-refractivity contribution in [2.75, 3.05) is 7.11 Å². The van der Waals surface area contributed by atoms with Crippen LogP contribution in [0.1, 0.15) is 51.4 Å². The molecule has 0 radical (unpaired) electrons. The van der Waals surface area contributed by atoms with Gasteiger partial charge in [-0.25, -0.2) is 0 Å². The Labute approximate surface area is 105 Å². The van der Waals surface area contributed by atoms with E-state index in [9.17, 15) is 5.26 Å². The summed E-state index contributed by atoms with van der Waals surface area (Å²) in [6, 6.07) is 3.36. The van der Waals surface area contributed by atoms with Crippen LogP contribution in [0.3, 0.4) is 0 Å². The summed E-state index contributed by atoms with van der Waals surface area (Å²) >= 11 is 0. The SMILES string of the molecule is COC1CCCC1NC1CCCCCC1C#N. The van der Waals surface area contributed by atoms with Gasteiger partial charge in [-0.1, -0.05) is 19.3 Å². The topological polar surface area (TPSA) is 45.0 Å². The molecular formula is C14H24N2O. The Kier molecular flexibility index (Phi) is 4.82. The van der Waals surface area contributed by atoms with E-state index in [1.165, 1.54) is 32.1 Å². The first-order valence-corrected chi connectivity index (χ1v) is 7.03. The number of methoxy groups -OCH3 is 1. The molecular weight excluding hydrogens is 212 g/mol. The van der Waals surface area contributed by atoms with Crippen LogP contribution in [-0.2, 0) is 4.74 Å². The molecule has 2 aliphatic rings. The van der Waals surface area contributed by atoms with Crippen molar-refractivity contribution in [3.63, 3.8) is 0 Å². The number of hydrogen-bond acceptors (Lipinski definition) is 3. The van der Waals surface area contributed by atoms with Crippen molar-refractivity contribution in [3.05, 3.63) is 0 Å². The van der Waals surface area contributed by atoms with Crippen LogP contribution in [-0.4, -0.2) is 25.3 Å². The Balaban J connectivity index is 1.93. The van der Waals surface area contributed by atoms with Crippen molar-refractivity contribution in [2.45, 2.75) is 69.6 Å². The Morgan fingerprint density at radius 1 is 1.00 bits per heavy atom. The Morgan fingerprint density at radius 3 is 2.53 bits per heavy atom. The highest BCUT2D eigenvalue weighted by Crippen LogP contribution is 2.27. The van der Waals surface area contributed by atoms with Gasteiger partial charge in [0.15, 0.2) is 0 Å². The van der Waals surface area contributed by atoms with Crippen molar-refractivity contribution in [1.29, 1.82) is 5.26 Å². The molecule has 4 unspecified atom stereocenters. The van der Waals surface area contributed by atoms with Gasteiger partial charge >= 0.3 is 0 Å². The maximum Gasteiger partial charge on any atom is 0.0724 e. The summed E-state index contributed by atoms with van der Waals surface area (Å²) in [6.45, 7) is 0. The molecule has 2 rings (SSSR count). The molecule has 0 aliphatic heterocycles. The van der Waals surface area contributed by atoms with E-state index in [2.05, 4.69) is 11.4 Å². The first-order valence-electron chi connectivity index (χ1n) is 7.03. The van der Waals surface area contributed by atoms with E-state index in [1.807, 2.05) is 0 Å². The van der Waals surface area contributed by atoms with Gasteiger partial charge in [0.25, 0.3) is 0 Å². The van der Waals surface area contributed by atoms with E-state index in [0.29, 0.717) is 18.2 Å². The van der Waals surface area contributed by atoms with E-state index >= 15 is 0 Å². The van der Waals surface area contributed by atoms with Crippen molar-refractivity contribution in [2.24, 2.45) is 5.92 Å². The minimum absolute atomic E-state index is 0.204. The van der Waals surface area contributed by atoms with Crippen LogP contribution in [0, 0.1) is 17.2 Å². The standard InChI is InChI=1S/C14H24N2O/c1-17-14-9-5-8-13(14)16-12-7-4-2-3-6-11(12)10-15/h11-14,16H,2-9H2,1H3. The molecule has 0 saturated heterocycles. The summed E-state index contributed by atoms with van der Waals surface area (Å²) in [5.41, 5.74) is 0. The van der Waals surface area contributed by atoms with Crippen LogP contribution in [0.15, 0.2) is 0 Å². The Hall–Kier alpha value is -0.590. The van der Waals surface area contributed by atoms with Crippen LogP contribution >= 0.6 is 0 Å². The molecule has 0 aromatic rings. The van der Waals surface area contributed by atoms with Crippen LogP contribution in [0.5, 0.6) is 0 Å². The lowest BCUT2D eigenvalue weighted by atomic mass is 9.95. The van der Waals surface area contributed by atoms with Crippen molar-refractivity contribution in [3.8, 4) is 6.07 Å². The maximum atomic E-state index is 9.26. The van der Waals surface area contributed by atoms with E-state index < -0.39 is 0 Å². The quantitative estimate of drug-likeness (QED) is 0.766. The van der Waals surface area contributed by atoms with Crippen LogP contribution in [0.4, 0.5) is 0 Å². The summed E-state index contributed by atoms with van der Waals surface area (Å²) in [4.78, 5) is 0. The normalized spacial score (nSPS) is 38.6. The third-order valence-corrected chi connectivity index (χ3v) is 4.37. The molecule has 0 heterocycles. The molecule has 17 heavy (non-hydrogen) atoms. The summed E-state index contributed by atoms with van der Waals surface area (Å²) in [5, 5.41) is 13.0. The van der Waals surface area contributed by atoms with Crippen molar-refractivity contribution >= 4 is 0 Å². The molecule has 4 atom stereocenters. The second kappa shape index (κ2) is 6.37. The zero-order valence-electron chi connectivity index (χ0n) is 10.8. The maximum absolute atomic E-state index is 9.26. The minimum Gasteiger partial charge on any atom is -0.380 e. The molecule has 1 N–H and O–H groups in total. The number of nitriles is 1. The van der Waals surface area contributed by atoms with Gasteiger partial charge in [0, 0.05) is 19.2 Å². The monoisotopic (exact) mass is 236 g/mol. The Morgan fingerprint density at radius 2 is 1.76 bits per heavy atom. The molecule has 2 fully saturated rings. The largest absolute Gasteiger partial charge is 0.380 e. The first kappa shape index (κ1) is 12.9. The van der Waals surface area contributed by atoms with Gasteiger partial charge in [-0.2, -0.15) is 5.26 Å². The molecule has 96 valence electrons. The van der Waals surface area contributed by atoms with Gasteiger partial charge in [0.1, 0.15) is 0 Å². The number of hydrogen-bond donors (Lipinski definition) is 1. The average Bonchev–Trinajstić information content (AvgIpc) is 2.67. The fourth-order valence-corrected chi connectivity index (χ4v) is 3.34. The van der Waals surface area contributed by atoms with E-state index in [-0.39, 0.29) is 5.92 Å². The third kappa shape index (κ3) is 3.20. The highest BCUT2D eigenvalue weighted by atomic mass is 16.5. The zero-order chi connectivity index (χ0) is 12.1. The number of nitrogens with zero attached hydrogens (tertiary/aromatic N) is 1. The molecule has 3 nitrogen and oxygen atoms in total. The lowest BCUT2D eigenvalue weighted by Gasteiger charge is -2.28. The molecule has 0 aromatic carbocycles. The van der Waals surface area contributed by atoms with E-state index in [1.54, 1.807) is 7.11 Å². The van der Waals surface area contributed by atoms with Crippen LogP contribution < -0.4 is 5.32 Å². The van der Waals surface area contributed by atoms with Gasteiger partial charge in [-0.3, -0.25) is 0 Å². The Bertz CT molecular complexity index is 274. The smallest absolute Gasteiger partial charge is 0.0724 e. The molecule has 0 aromatic heterocycles. The van der Waals surface area contributed by atoms with Gasteiger partial charge in [-0.15, -0.1) is 0 Å². The lowest BCUT2D eigenvalue weighted by molar-refractivity contribution is 0.0787. The fraction of sp³-hybridized carbons (Fsp3) is 0.929. The minimum atomic E-state index is 0.204. The molecule has 0 bridgehead atoms. The summed E-state index contributed by atoms with van der Waals surface area (Å²) in [7, 11) is 1.81. The predicted molar refractivity (Wildman–Crippen MR) is 67.5 cm³/mol. The molecule has 3 heteroatoms. The number of ether oxygens (including phenoxy) is 1. The highest BCUT2D eigenvalue weighted by molar-refractivity contribution is 4.96. The summed E-state index contributed by atoms with van der Waals surface area (Å²) < 4.78 is 5.52. The van der Waals surface area contributed by atoms with Crippen molar-refractivity contribution in [1.82, 2.24) is 5.32 Å². The van der Waals surface area contributed by atoms with Gasteiger partial charge in [0.2, 0.25) is 0 Å². The van der Waals surface area contributed by atoms with Crippen LogP contribution in [0.25, 0.3) is 0 Å². The first-order chi connectivity index (χ1) is 8.35. The fourth-order valence-electron chi connectivity index (χ4n) is 3.34. The number of nitrogens with one attached hydrogen (secondary N) is 1. The van der Waals surface area contributed by atoms with Gasteiger partial charge in [0.05, 0.1) is 18.1 Å². The summed E-state index contributed by atoms with van der Waals surface area (Å²) in [5.74, 6) is 0.204. The average molecular weight is 236 g/mol. The molecule has 2 aliphatic carbocycles. The second-order valence-electron chi connectivity index (χ2n) is 5.46. The predicted octanol–water partition coefficient (Wildman–Crippen LogP) is 2.62. The number of rotatable bonds is 3. The third-order valence-electron chi connectivity index (χ3n) is 4.37. The van der Waals surface area contributed by atoms with Crippen molar-refractivity contribution < 1.29 is 4.74 Å². The molecule has 0 spiro atoms. The van der Waals surface area contributed by atoms with Gasteiger partial charge in [-0.05, 0) is 32.1 Å². The van der Waals surface area contributed by atoms with E-state index in [4.69, 9.17) is 4.74 Å². The zero-order valence-corrected chi connectivity index (χ0v) is 10.8. The molecule has 2 saturated carbocycles. The summed E-state index contributed by atoms with van der Waals surface area (Å²) in [6.07, 6.45) is 9.97. The van der Waals surface area contributed by atoms with E-state index in [0.717, 1.165) is 19.3 Å². The molecule has 0 amide bonds. The van der Waals surface area contributed by atoms with Crippen LogP contribution in [0.2, 0.25) is 0 Å². The second-order valence-corrected chi connectivity index (χ2v) is 5.46. The highest BCUT2D eigenvalue weighted by Gasteiger charge is 2.32. The lowest BCUT2D eigenvalue weighted by Crippen LogP contribution is -2.46. The van der Waals surface area contributed by atoms with Gasteiger partial charge < -0.3 is 10.1 Å².